The minimum atomic E-state index is -4.78. The van der Waals surface area contributed by atoms with Crippen molar-refractivity contribution in [2.45, 2.75) is 11.1 Å². The molecule has 3 aromatic heterocycles. The van der Waals surface area contributed by atoms with Crippen molar-refractivity contribution in [1.82, 2.24) is 24.7 Å². The van der Waals surface area contributed by atoms with Gasteiger partial charge in [-0.05, 0) is 24.3 Å². The van der Waals surface area contributed by atoms with Crippen molar-refractivity contribution in [3.63, 3.8) is 0 Å². The van der Waals surface area contributed by atoms with E-state index < -0.39 is 27.0 Å². The minimum Gasteiger partial charge on any atom is -0.282 e. The summed E-state index contributed by atoms with van der Waals surface area (Å²) in [5.74, 6) is -1.67. The molecule has 0 saturated carbocycles. The molecule has 0 aliphatic carbocycles. The normalized spacial score (nSPS) is 12.3. The smallest absolute Gasteiger partial charge is 0.282 e. The summed E-state index contributed by atoms with van der Waals surface area (Å²) in [6.45, 7) is 0. The summed E-state index contributed by atoms with van der Waals surface area (Å²) in [7, 11) is -4.48. The molecule has 130 valence electrons. The summed E-state index contributed by atoms with van der Waals surface area (Å²) in [5.41, 5.74) is 0.256. The molecule has 12 heteroatoms. The van der Waals surface area contributed by atoms with Gasteiger partial charge in [-0.15, -0.1) is 5.10 Å². The third kappa shape index (κ3) is 3.49. The fourth-order valence-corrected chi connectivity index (χ4v) is 2.35. The monoisotopic (exact) mass is 371 g/mol. The van der Waals surface area contributed by atoms with E-state index in [0.29, 0.717) is 0 Å². The van der Waals surface area contributed by atoms with Gasteiger partial charge in [0.05, 0.1) is 6.20 Å². The number of hydrogen-bond donors (Lipinski definition) is 1. The molecule has 0 amide bonds. The van der Waals surface area contributed by atoms with E-state index in [1.165, 1.54) is 24.5 Å². The van der Waals surface area contributed by atoms with Crippen molar-refractivity contribution in [2.24, 2.45) is 0 Å². The van der Waals surface area contributed by atoms with Crippen LogP contribution in [0.15, 0.2) is 47.8 Å². The second-order valence-electron chi connectivity index (χ2n) is 4.74. The van der Waals surface area contributed by atoms with Gasteiger partial charge in [0.25, 0.3) is 15.9 Å². The zero-order chi connectivity index (χ0) is 18.2. The largest absolute Gasteiger partial charge is 0.453 e. The van der Waals surface area contributed by atoms with E-state index in [2.05, 4.69) is 20.1 Å². The van der Waals surface area contributed by atoms with Crippen molar-refractivity contribution in [1.29, 1.82) is 0 Å². The van der Waals surface area contributed by atoms with Crippen LogP contribution in [-0.4, -0.2) is 37.7 Å². The molecule has 0 bridgehead atoms. The lowest BCUT2D eigenvalue weighted by atomic mass is 10.3. The summed E-state index contributed by atoms with van der Waals surface area (Å²) in [4.78, 5) is 10.5. The lowest BCUT2D eigenvalue weighted by Crippen LogP contribution is -2.09. The van der Waals surface area contributed by atoms with E-state index in [0.717, 1.165) is 23.0 Å². The quantitative estimate of drug-likeness (QED) is 0.701. The number of nitrogens with zero attached hydrogens (tertiary/aromatic N) is 5. The number of halogens is 3. The number of hydrogen-bond acceptors (Lipinski definition) is 6. The Kier molecular flexibility index (Phi) is 4.00. The first-order valence-corrected chi connectivity index (χ1v) is 7.99. The van der Waals surface area contributed by atoms with E-state index in [9.17, 15) is 21.6 Å². The molecule has 8 nitrogen and oxygen atoms in total. The van der Waals surface area contributed by atoms with Gasteiger partial charge >= 0.3 is 6.18 Å². The summed E-state index contributed by atoms with van der Waals surface area (Å²) < 4.78 is 70.6. The highest BCUT2D eigenvalue weighted by molar-refractivity contribution is 7.85. The van der Waals surface area contributed by atoms with Gasteiger partial charge in [0.2, 0.25) is 0 Å². The van der Waals surface area contributed by atoms with Crippen molar-refractivity contribution < 1.29 is 26.1 Å². The van der Waals surface area contributed by atoms with Crippen molar-refractivity contribution in [3.05, 3.63) is 48.7 Å². The predicted molar refractivity (Wildman–Crippen MR) is 77.2 cm³/mol. The van der Waals surface area contributed by atoms with E-state index >= 15 is 0 Å². The first-order valence-electron chi connectivity index (χ1n) is 6.55. The molecular formula is C13H8F3N5O3S. The molecule has 0 aliphatic rings. The Bertz CT molecular complexity index is 1000. The molecular weight excluding hydrogens is 363 g/mol. The van der Waals surface area contributed by atoms with Crippen molar-refractivity contribution in [2.75, 3.05) is 0 Å². The number of alkyl halides is 3. The topological polar surface area (TPSA) is 111 Å². The highest BCUT2D eigenvalue weighted by Gasteiger charge is 2.37. The van der Waals surface area contributed by atoms with Gasteiger partial charge in [0.15, 0.2) is 11.6 Å². The second-order valence-corrected chi connectivity index (χ2v) is 6.16. The zero-order valence-electron chi connectivity index (χ0n) is 12.1. The zero-order valence-corrected chi connectivity index (χ0v) is 12.9. The van der Waals surface area contributed by atoms with Crippen LogP contribution in [0, 0.1) is 0 Å². The predicted octanol–water partition coefficient (Wildman–Crippen LogP) is 1.99. The van der Waals surface area contributed by atoms with Gasteiger partial charge in [-0.1, -0.05) is 0 Å². The molecule has 3 rings (SSSR count). The van der Waals surface area contributed by atoms with Gasteiger partial charge in [-0.25, -0.2) is 9.97 Å². The average Bonchev–Trinajstić information content (AvgIpc) is 3.00. The van der Waals surface area contributed by atoms with Crippen LogP contribution in [0.3, 0.4) is 0 Å². The van der Waals surface area contributed by atoms with Gasteiger partial charge in [-0.3, -0.25) is 9.54 Å². The van der Waals surface area contributed by atoms with Crippen LogP contribution in [0.2, 0.25) is 0 Å². The molecule has 1 N–H and O–H groups in total. The molecule has 3 heterocycles. The standard InChI is InChI=1S/C13H8F3N5O3S/c14-13(15,16)12-19-11(8-2-1-5-17-6-8)21(20-12)10-4-3-9(7-18-10)25(22,23)24/h1-7H,(H,22,23,24). The fourth-order valence-electron chi connectivity index (χ4n) is 1.92. The van der Waals surface area contributed by atoms with Crippen molar-refractivity contribution in [3.8, 4) is 17.2 Å². The highest BCUT2D eigenvalue weighted by Crippen LogP contribution is 2.29. The van der Waals surface area contributed by atoms with Crippen LogP contribution in [0.1, 0.15) is 5.82 Å². The Labute approximate surface area is 138 Å². The van der Waals surface area contributed by atoms with Crippen LogP contribution in [0.25, 0.3) is 17.2 Å². The molecule has 3 aromatic rings. The van der Waals surface area contributed by atoms with Crippen LogP contribution >= 0.6 is 0 Å². The summed E-state index contributed by atoms with van der Waals surface area (Å²) in [6.07, 6.45) is -1.25. The Balaban J connectivity index is 2.16. The molecule has 0 fully saturated rings. The van der Waals surface area contributed by atoms with Gasteiger partial charge in [-0.2, -0.15) is 26.3 Å². The first-order chi connectivity index (χ1) is 11.7. The van der Waals surface area contributed by atoms with Crippen LogP contribution in [-0.2, 0) is 16.3 Å². The SMILES string of the molecule is O=S(=O)(O)c1ccc(-n2nc(C(F)(F)F)nc2-c2cccnc2)nc1. The molecule has 0 aromatic carbocycles. The summed E-state index contributed by atoms with van der Waals surface area (Å²) in [5, 5.41) is 3.40. The Morgan fingerprint density at radius 3 is 2.40 bits per heavy atom. The van der Waals surface area contributed by atoms with E-state index in [-0.39, 0.29) is 17.2 Å². The Hall–Kier alpha value is -2.86. The Morgan fingerprint density at radius 1 is 1.12 bits per heavy atom. The third-order valence-corrected chi connectivity index (χ3v) is 3.85. The maximum absolute atomic E-state index is 12.9. The highest BCUT2D eigenvalue weighted by atomic mass is 32.2. The second kappa shape index (κ2) is 5.89. The number of rotatable bonds is 3. The first kappa shape index (κ1) is 17.0. The number of pyridine rings is 2. The van der Waals surface area contributed by atoms with Crippen molar-refractivity contribution >= 4 is 10.1 Å². The maximum Gasteiger partial charge on any atom is 0.453 e. The molecule has 25 heavy (non-hydrogen) atoms. The van der Waals surface area contributed by atoms with E-state index in [1.807, 2.05) is 0 Å². The molecule has 0 unspecified atom stereocenters. The van der Waals surface area contributed by atoms with Crippen LogP contribution in [0.4, 0.5) is 13.2 Å². The minimum absolute atomic E-state index is 0.116. The van der Waals surface area contributed by atoms with Gasteiger partial charge in [0, 0.05) is 18.0 Å². The molecule has 0 atom stereocenters. The van der Waals surface area contributed by atoms with Gasteiger partial charge < -0.3 is 0 Å². The lowest BCUT2D eigenvalue weighted by molar-refractivity contribution is -0.144. The van der Waals surface area contributed by atoms with Gasteiger partial charge in [0.1, 0.15) is 4.90 Å². The molecule has 0 radical (unpaired) electrons. The third-order valence-electron chi connectivity index (χ3n) is 3.02. The lowest BCUT2D eigenvalue weighted by Gasteiger charge is -2.05. The summed E-state index contributed by atoms with van der Waals surface area (Å²) in [6, 6.07) is 5.08. The fraction of sp³-hybridized carbons (Fsp3) is 0.0769. The molecule has 0 saturated heterocycles. The molecule has 0 spiro atoms. The molecule has 0 aliphatic heterocycles. The van der Waals surface area contributed by atoms with Crippen LogP contribution < -0.4 is 0 Å². The Morgan fingerprint density at radius 2 is 1.88 bits per heavy atom. The average molecular weight is 371 g/mol. The van der Waals surface area contributed by atoms with Crippen LogP contribution in [0.5, 0.6) is 0 Å². The summed E-state index contributed by atoms with van der Waals surface area (Å²) >= 11 is 0. The van der Waals surface area contributed by atoms with E-state index in [1.54, 1.807) is 0 Å². The maximum atomic E-state index is 12.9. The van der Waals surface area contributed by atoms with E-state index in [4.69, 9.17) is 4.55 Å². The number of aromatic nitrogens is 5.